The van der Waals surface area contributed by atoms with Gasteiger partial charge in [-0.2, -0.15) is 0 Å². The number of amides is 1. The molecule has 38 heavy (non-hydrogen) atoms. The maximum Gasteiger partial charge on any atom is 0.337 e. The first kappa shape index (κ1) is 25.0. The molecule has 0 saturated carbocycles. The maximum absolute atomic E-state index is 13.4. The molecule has 1 amide bonds. The number of aliphatic hydroxyl groups is 1. The molecule has 1 aliphatic rings. The zero-order chi connectivity index (χ0) is 27.0. The lowest BCUT2D eigenvalue weighted by Gasteiger charge is -2.23. The van der Waals surface area contributed by atoms with Crippen LogP contribution in [0.2, 0.25) is 0 Å². The predicted molar refractivity (Wildman–Crippen MR) is 142 cm³/mol. The number of aromatic nitrogens is 1. The Balaban J connectivity index is 1.68. The van der Waals surface area contributed by atoms with E-state index in [-0.39, 0.29) is 16.5 Å². The van der Waals surface area contributed by atoms with Crippen LogP contribution in [0.5, 0.6) is 11.5 Å². The number of benzene rings is 3. The summed E-state index contributed by atoms with van der Waals surface area (Å²) in [4.78, 5) is 44.7. The minimum atomic E-state index is -0.994. The average Bonchev–Trinajstić information content (AvgIpc) is 3.49. The lowest BCUT2D eigenvalue weighted by Crippen LogP contribution is -2.29. The molecule has 0 radical (unpaired) electrons. The van der Waals surface area contributed by atoms with Gasteiger partial charge in [0.2, 0.25) is 0 Å². The molecule has 3 aromatic carbocycles. The summed E-state index contributed by atoms with van der Waals surface area (Å²) in [7, 11) is 4.35. The Morgan fingerprint density at radius 3 is 2.16 bits per heavy atom. The number of aliphatic hydroxyl groups excluding tert-OH is 1. The van der Waals surface area contributed by atoms with Crippen molar-refractivity contribution in [1.82, 2.24) is 4.98 Å². The van der Waals surface area contributed by atoms with Gasteiger partial charge in [-0.15, -0.1) is 0 Å². The number of carbonyl (C=O) groups is 3. The largest absolute Gasteiger partial charge is 0.507 e. The Kier molecular flexibility index (Phi) is 6.56. The molecule has 0 bridgehead atoms. The number of Topliss-reactive ketones (excluding diaryl/α,β-unsaturated/α-hetero) is 1. The van der Waals surface area contributed by atoms with Crippen molar-refractivity contribution in [3.8, 4) is 11.5 Å². The van der Waals surface area contributed by atoms with Crippen molar-refractivity contribution in [2.24, 2.45) is 0 Å². The summed E-state index contributed by atoms with van der Waals surface area (Å²) in [5.41, 5.74) is 1.68. The topological polar surface area (TPSA) is 115 Å². The number of thiazole rings is 1. The second kappa shape index (κ2) is 9.98. The van der Waals surface area contributed by atoms with E-state index in [9.17, 15) is 19.5 Å². The minimum Gasteiger partial charge on any atom is -0.507 e. The molecule has 192 valence electrons. The van der Waals surface area contributed by atoms with E-state index < -0.39 is 23.7 Å². The second-order valence-electron chi connectivity index (χ2n) is 8.34. The lowest BCUT2D eigenvalue weighted by atomic mass is 9.94. The molecule has 1 atom stereocenters. The molecule has 1 aromatic heterocycles. The molecular weight excluding hydrogens is 508 g/mol. The number of nitrogens with zero attached hydrogens (tertiary/aromatic N) is 2. The molecule has 10 heteroatoms. The fourth-order valence-corrected chi connectivity index (χ4v) is 5.31. The van der Waals surface area contributed by atoms with Crippen LogP contribution in [0.3, 0.4) is 0 Å². The van der Waals surface area contributed by atoms with Crippen molar-refractivity contribution >= 4 is 50.1 Å². The van der Waals surface area contributed by atoms with E-state index in [1.54, 1.807) is 61.7 Å². The number of hydrogen-bond acceptors (Lipinski definition) is 9. The molecule has 5 rings (SSSR count). The van der Waals surface area contributed by atoms with Crippen LogP contribution in [-0.2, 0) is 14.3 Å². The van der Waals surface area contributed by atoms with E-state index in [4.69, 9.17) is 14.2 Å². The van der Waals surface area contributed by atoms with Gasteiger partial charge >= 0.3 is 11.9 Å². The van der Waals surface area contributed by atoms with Gasteiger partial charge in [-0.3, -0.25) is 14.5 Å². The number of methoxy groups -OCH3 is 3. The Bertz CT molecular complexity index is 1590. The number of fused-ring (bicyclic) bond motifs is 1. The van der Waals surface area contributed by atoms with Crippen LogP contribution in [0.4, 0.5) is 5.13 Å². The van der Waals surface area contributed by atoms with Gasteiger partial charge in [0, 0.05) is 5.56 Å². The zero-order valence-electron chi connectivity index (χ0n) is 20.6. The number of esters is 1. The highest BCUT2D eigenvalue weighted by atomic mass is 32.1. The molecule has 2 heterocycles. The van der Waals surface area contributed by atoms with Gasteiger partial charge in [0.05, 0.1) is 48.7 Å². The highest BCUT2D eigenvalue weighted by Crippen LogP contribution is 2.44. The summed E-state index contributed by atoms with van der Waals surface area (Å²) in [6.45, 7) is 0. The van der Waals surface area contributed by atoms with Gasteiger partial charge in [-0.05, 0) is 60.2 Å². The smallest absolute Gasteiger partial charge is 0.337 e. The number of carbonyl (C=O) groups excluding carboxylic acids is 3. The molecule has 1 saturated heterocycles. The van der Waals surface area contributed by atoms with Crippen LogP contribution in [0.15, 0.2) is 72.3 Å². The third-order valence-electron chi connectivity index (χ3n) is 6.25. The molecule has 1 aliphatic heterocycles. The van der Waals surface area contributed by atoms with E-state index in [1.165, 1.54) is 42.6 Å². The van der Waals surface area contributed by atoms with Crippen molar-refractivity contribution in [2.45, 2.75) is 6.04 Å². The van der Waals surface area contributed by atoms with Crippen molar-refractivity contribution in [3.05, 3.63) is 89.0 Å². The van der Waals surface area contributed by atoms with E-state index in [0.29, 0.717) is 33.7 Å². The summed E-state index contributed by atoms with van der Waals surface area (Å²) < 4.78 is 16.0. The molecule has 0 spiro atoms. The van der Waals surface area contributed by atoms with Gasteiger partial charge in [0.25, 0.3) is 5.78 Å². The minimum absolute atomic E-state index is 0.0946. The van der Waals surface area contributed by atoms with Gasteiger partial charge in [0.15, 0.2) is 5.13 Å². The van der Waals surface area contributed by atoms with Crippen LogP contribution < -0.4 is 14.4 Å². The van der Waals surface area contributed by atoms with Crippen LogP contribution in [0.25, 0.3) is 16.0 Å². The second-order valence-corrected chi connectivity index (χ2v) is 9.35. The third-order valence-corrected chi connectivity index (χ3v) is 7.26. The van der Waals surface area contributed by atoms with E-state index in [2.05, 4.69) is 4.98 Å². The Morgan fingerprint density at radius 2 is 1.53 bits per heavy atom. The fourth-order valence-electron chi connectivity index (χ4n) is 4.29. The van der Waals surface area contributed by atoms with E-state index in [1.807, 2.05) is 0 Å². The highest BCUT2D eigenvalue weighted by Gasteiger charge is 2.48. The summed E-state index contributed by atoms with van der Waals surface area (Å²) in [6.07, 6.45) is 0. The normalized spacial score (nSPS) is 16.6. The zero-order valence-corrected chi connectivity index (χ0v) is 21.4. The van der Waals surface area contributed by atoms with Gasteiger partial charge in [0.1, 0.15) is 17.3 Å². The molecule has 1 N–H and O–H groups in total. The maximum atomic E-state index is 13.4. The number of anilines is 1. The average molecular weight is 531 g/mol. The molecule has 4 aromatic rings. The predicted octanol–water partition coefficient (Wildman–Crippen LogP) is 4.73. The number of rotatable bonds is 6. The van der Waals surface area contributed by atoms with Gasteiger partial charge in [-0.25, -0.2) is 9.78 Å². The van der Waals surface area contributed by atoms with Crippen molar-refractivity contribution in [3.63, 3.8) is 0 Å². The Hall–Kier alpha value is -4.70. The first-order valence-corrected chi connectivity index (χ1v) is 12.3. The molecular formula is C28H22N2O7S. The van der Waals surface area contributed by atoms with Crippen LogP contribution >= 0.6 is 11.3 Å². The van der Waals surface area contributed by atoms with Crippen LogP contribution in [0, 0.1) is 0 Å². The number of hydrogen-bond donors (Lipinski definition) is 1. The van der Waals surface area contributed by atoms with Gasteiger partial charge in [-0.1, -0.05) is 23.5 Å². The van der Waals surface area contributed by atoms with E-state index in [0.717, 1.165) is 4.70 Å². The van der Waals surface area contributed by atoms with E-state index >= 15 is 0 Å². The third kappa shape index (κ3) is 4.24. The first-order chi connectivity index (χ1) is 18.4. The van der Waals surface area contributed by atoms with Crippen molar-refractivity contribution < 1.29 is 33.7 Å². The lowest BCUT2D eigenvalue weighted by molar-refractivity contribution is -0.132. The highest BCUT2D eigenvalue weighted by molar-refractivity contribution is 7.22. The van der Waals surface area contributed by atoms with Crippen LogP contribution in [0.1, 0.15) is 27.5 Å². The summed E-state index contributed by atoms with van der Waals surface area (Å²) in [5.74, 6) is -1.33. The number of ketones is 1. The SMILES string of the molecule is COC(=O)c1ccc(C2C(=C(O)c3ccc(OC)cc3)C(=O)C(=O)N2c2nc3ccc(OC)cc3s2)cc1. The number of ether oxygens (including phenoxy) is 3. The summed E-state index contributed by atoms with van der Waals surface area (Å²) in [5, 5.41) is 11.6. The Labute approximate surface area is 221 Å². The molecule has 9 nitrogen and oxygen atoms in total. The van der Waals surface area contributed by atoms with Crippen molar-refractivity contribution in [1.29, 1.82) is 0 Å². The van der Waals surface area contributed by atoms with Crippen molar-refractivity contribution in [2.75, 3.05) is 26.2 Å². The summed E-state index contributed by atoms with van der Waals surface area (Å²) in [6, 6.07) is 17.1. The quantitative estimate of drug-likeness (QED) is 0.165. The van der Waals surface area contributed by atoms with Crippen LogP contribution in [-0.4, -0.2) is 49.1 Å². The van der Waals surface area contributed by atoms with Gasteiger partial charge < -0.3 is 19.3 Å². The Morgan fingerprint density at radius 1 is 0.895 bits per heavy atom. The first-order valence-electron chi connectivity index (χ1n) is 11.4. The molecule has 0 aliphatic carbocycles. The standard InChI is InChI=1S/C28H22N2O7S/c1-35-18-10-8-16(9-11-18)24(31)22-23(15-4-6-17(7-5-15)27(34)37-3)30(26(33)25(22)32)28-29-20-13-12-19(36-2)14-21(20)38-28/h4-14,23,31H,1-3H3. The molecule has 1 unspecified atom stereocenters. The fraction of sp³-hybridized carbons (Fsp3) is 0.143. The monoisotopic (exact) mass is 530 g/mol. The molecule has 1 fully saturated rings. The summed E-state index contributed by atoms with van der Waals surface area (Å²) >= 11 is 1.22.